The van der Waals surface area contributed by atoms with Crippen LogP contribution >= 0.6 is 11.8 Å². The molecule has 2 N–H and O–H groups in total. The van der Waals surface area contributed by atoms with Crippen LogP contribution in [-0.4, -0.2) is 33.3 Å². The highest BCUT2D eigenvalue weighted by Gasteiger charge is 2.18. The smallest absolute Gasteiger partial charge is 0.321 e. The summed E-state index contributed by atoms with van der Waals surface area (Å²) in [6, 6.07) is 5.83. The van der Waals surface area contributed by atoms with Crippen LogP contribution in [0.5, 0.6) is 0 Å². The molecule has 25 heavy (non-hydrogen) atoms. The molecule has 1 saturated carbocycles. The highest BCUT2D eigenvalue weighted by Crippen LogP contribution is 2.21. The van der Waals surface area contributed by atoms with Crippen LogP contribution in [0.3, 0.4) is 0 Å². The van der Waals surface area contributed by atoms with E-state index in [4.69, 9.17) is 0 Å². The van der Waals surface area contributed by atoms with E-state index in [1.54, 1.807) is 29.1 Å². The van der Waals surface area contributed by atoms with Crippen LogP contribution in [-0.2, 0) is 4.79 Å². The lowest BCUT2D eigenvalue weighted by Gasteiger charge is -2.12. The molecule has 0 spiro atoms. The number of carbonyl (C=O) groups excluding carboxylic acids is 2. The van der Waals surface area contributed by atoms with Crippen molar-refractivity contribution in [2.45, 2.75) is 36.9 Å². The summed E-state index contributed by atoms with van der Waals surface area (Å²) in [5.41, 5.74) is 0.624. The van der Waals surface area contributed by atoms with Gasteiger partial charge in [0.1, 0.15) is 5.82 Å². The first-order valence-electron chi connectivity index (χ1n) is 8.14. The SMILES string of the molecule is O=C(CSc1nccn1-c1cccc(F)c1)NC(=O)NC1CCCC1. The second kappa shape index (κ2) is 8.15. The third-order valence-corrected chi connectivity index (χ3v) is 4.94. The number of hydrogen-bond donors (Lipinski definition) is 2. The second-order valence-corrected chi connectivity index (χ2v) is 6.79. The first kappa shape index (κ1) is 17.5. The van der Waals surface area contributed by atoms with Crippen molar-refractivity contribution in [3.63, 3.8) is 0 Å². The normalized spacial score (nSPS) is 14.4. The van der Waals surface area contributed by atoms with E-state index in [0.717, 1.165) is 25.7 Å². The zero-order valence-electron chi connectivity index (χ0n) is 13.6. The summed E-state index contributed by atoms with van der Waals surface area (Å²) in [6.07, 6.45) is 7.41. The molecule has 0 unspecified atom stereocenters. The Morgan fingerprint density at radius 1 is 1.32 bits per heavy atom. The molecule has 2 aromatic rings. The van der Waals surface area contributed by atoms with E-state index in [1.165, 1.54) is 23.9 Å². The van der Waals surface area contributed by atoms with Crippen LogP contribution in [0, 0.1) is 5.82 Å². The molecule has 1 aliphatic rings. The highest BCUT2D eigenvalue weighted by molar-refractivity contribution is 7.99. The maximum atomic E-state index is 13.4. The van der Waals surface area contributed by atoms with Crippen molar-refractivity contribution in [3.8, 4) is 5.69 Å². The number of halogens is 1. The Bertz CT molecular complexity index is 759. The molecule has 1 aromatic heterocycles. The van der Waals surface area contributed by atoms with Gasteiger partial charge in [0, 0.05) is 18.4 Å². The molecule has 0 saturated heterocycles. The van der Waals surface area contributed by atoms with Gasteiger partial charge in [0.2, 0.25) is 5.91 Å². The van der Waals surface area contributed by atoms with Gasteiger partial charge < -0.3 is 5.32 Å². The molecule has 8 heteroatoms. The highest BCUT2D eigenvalue weighted by atomic mass is 32.2. The Balaban J connectivity index is 1.52. The topological polar surface area (TPSA) is 76.0 Å². The predicted octanol–water partition coefficient (Wildman–Crippen LogP) is 2.87. The number of urea groups is 1. The Labute approximate surface area is 149 Å². The fraction of sp³-hybridized carbons (Fsp3) is 0.353. The van der Waals surface area contributed by atoms with Crippen LogP contribution in [0.1, 0.15) is 25.7 Å². The number of hydrogen-bond acceptors (Lipinski definition) is 4. The number of benzene rings is 1. The van der Waals surface area contributed by atoms with Crippen molar-refractivity contribution in [2.24, 2.45) is 0 Å². The lowest BCUT2D eigenvalue weighted by atomic mass is 10.2. The molecule has 3 rings (SSSR count). The minimum Gasteiger partial charge on any atom is -0.335 e. The van der Waals surface area contributed by atoms with Gasteiger partial charge in [0.15, 0.2) is 5.16 Å². The first-order chi connectivity index (χ1) is 12.1. The summed E-state index contributed by atoms with van der Waals surface area (Å²) in [4.78, 5) is 27.9. The fourth-order valence-corrected chi connectivity index (χ4v) is 3.58. The summed E-state index contributed by atoms with van der Waals surface area (Å²) in [7, 11) is 0. The summed E-state index contributed by atoms with van der Waals surface area (Å²) < 4.78 is 15.1. The summed E-state index contributed by atoms with van der Waals surface area (Å²) in [6.45, 7) is 0. The zero-order chi connectivity index (χ0) is 17.6. The van der Waals surface area contributed by atoms with Crippen LogP contribution in [0.4, 0.5) is 9.18 Å². The number of nitrogens with zero attached hydrogens (tertiary/aromatic N) is 2. The third-order valence-electron chi connectivity index (χ3n) is 3.97. The molecule has 6 nitrogen and oxygen atoms in total. The average Bonchev–Trinajstić information content (AvgIpc) is 3.24. The van der Waals surface area contributed by atoms with Gasteiger partial charge in [0.25, 0.3) is 0 Å². The molecular weight excluding hydrogens is 343 g/mol. The molecule has 0 bridgehead atoms. The standard InChI is InChI=1S/C17H19FN4O2S/c18-12-4-3-7-14(10-12)22-9-8-19-17(22)25-11-15(23)21-16(24)20-13-5-1-2-6-13/h3-4,7-10,13H,1-2,5-6,11H2,(H2,20,21,23,24). The lowest BCUT2D eigenvalue weighted by molar-refractivity contribution is -0.117. The minimum atomic E-state index is -0.453. The molecule has 1 aromatic carbocycles. The van der Waals surface area contributed by atoms with Gasteiger partial charge in [-0.2, -0.15) is 0 Å². The molecule has 1 aliphatic carbocycles. The maximum absolute atomic E-state index is 13.4. The van der Waals surface area contributed by atoms with Crippen molar-refractivity contribution in [1.82, 2.24) is 20.2 Å². The third kappa shape index (κ3) is 4.82. The van der Waals surface area contributed by atoms with Gasteiger partial charge in [-0.25, -0.2) is 14.2 Å². The Morgan fingerprint density at radius 3 is 2.88 bits per heavy atom. The van der Waals surface area contributed by atoms with Crippen LogP contribution in [0.15, 0.2) is 41.8 Å². The van der Waals surface area contributed by atoms with E-state index in [1.807, 2.05) is 0 Å². The van der Waals surface area contributed by atoms with Crippen LogP contribution in [0.25, 0.3) is 5.69 Å². The van der Waals surface area contributed by atoms with Crippen LogP contribution < -0.4 is 10.6 Å². The summed E-state index contributed by atoms with van der Waals surface area (Å²) in [5.74, 6) is -0.692. The van der Waals surface area contributed by atoms with E-state index in [9.17, 15) is 14.0 Å². The largest absolute Gasteiger partial charge is 0.335 e. The first-order valence-corrected chi connectivity index (χ1v) is 9.13. The molecular formula is C17H19FN4O2S. The number of imide groups is 1. The quantitative estimate of drug-likeness (QED) is 0.802. The van der Waals surface area contributed by atoms with Gasteiger partial charge in [-0.05, 0) is 31.0 Å². The Morgan fingerprint density at radius 2 is 2.12 bits per heavy atom. The molecule has 1 fully saturated rings. The Hall–Kier alpha value is -2.35. The van der Waals surface area contributed by atoms with Crippen molar-refractivity contribution in [1.29, 1.82) is 0 Å². The van der Waals surface area contributed by atoms with E-state index in [2.05, 4.69) is 15.6 Å². The number of rotatable bonds is 5. The van der Waals surface area contributed by atoms with Gasteiger partial charge in [-0.1, -0.05) is 30.7 Å². The summed E-state index contributed by atoms with van der Waals surface area (Å²) in [5, 5.41) is 5.69. The fourth-order valence-electron chi connectivity index (χ4n) is 2.80. The number of thioether (sulfide) groups is 1. The monoisotopic (exact) mass is 362 g/mol. The van der Waals surface area contributed by atoms with Gasteiger partial charge in [-0.15, -0.1) is 0 Å². The number of nitrogens with one attached hydrogen (secondary N) is 2. The van der Waals surface area contributed by atoms with E-state index >= 15 is 0 Å². The van der Waals surface area contributed by atoms with Crippen molar-refractivity contribution in [2.75, 3.05) is 5.75 Å². The second-order valence-electron chi connectivity index (χ2n) is 5.85. The number of carbonyl (C=O) groups is 2. The van der Waals surface area contributed by atoms with E-state index < -0.39 is 11.9 Å². The molecule has 3 amide bonds. The molecule has 0 aliphatic heterocycles. The van der Waals surface area contributed by atoms with E-state index in [-0.39, 0.29) is 17.6 Å². The van der Waals surface area contributed by atoms with E-state index in [0.29, 0.717) is 10.8 Å². The zero-order valence-corrected chi connectivity index (χ0v) is 14.4. The van der Waals surface area contributed by atoms with Gasteiger partial charge in [0.05, 0.1) is 11.4 Å². The molecule has 1 heterocycles. The number of amides is 3. The number of imidazole rings is 1. The van der Waals surface area contributed by atoms with Crippen molar-refractivity contribution in [3.05, 3.63) is 42.5 Å². The van der Waals surface area contributed by atoms with Gasteiger partial charge >= 0.3 is 6.03 Å². The van der Waals surface area contributed by atoms with Crippen LogP contribution in [0.2, 0.25) is 0 Å². The maximum Gasteiger partial charge on any atom is 0.321 e. The molecule has 132 valence electrons. The average molecular weight is 362 g/mol. The Kier molecular flexibility index (Phi) is 5.70. The summed E-state index contributed by atoms with van der Waals surface area (Å²) >= 11 is 1.18. The predicted molar refractivity (Wildman–Crippen MR) is 93.2 cm³/mol. The van der Waals surface area contributed by atoms with Crippen molar-refractivity contribution < 1.29 is 14.0 Å². The lowest BCUT2D eigenvalue weighted by Crippen LogP contribution is -2.44. The van der Waals surface area contributed by atoms with Crippen molar-refractivity contribution >= 4 is 23.7 Å². The molecule has 0 radical (unpaired) electrons. The minimum absolute atomic E-state index is 0.0460. The van der Waals surface area contributed by atoms with Gasteiger partial charge in [-0.3, -0.25) is 14.7 Å². The number of aromatic nitrogens is 2. The molecule has 0 atom stereocenters.